The van der Waals surface area contributed by atoms with Crippen molar-refractivity contribution in [1.82, 2.24) is 4.90 Å². The van der Waals surface area contributed by atoms with Crippen molar-refractivity contribution in [2.24, 2.45) is 5.92 Å². The SMILES string of the molecule is CC(C)N1C[C@H](C(=O)Nc2cccc(Cl)c2Cl)CC1=O. The van der Waals surface area contributed by atoms with E-state index in [2.05, 4.69) is 5.32 Å². The standard InChI is InChI=1S/C14H16Cl2N2O2/c1-8(2)18-7-9(6-12(18)19)14(20)17-11-5-3-4-10(15)13(11)16/h3-5,8-9H,6-7H2,1-2H3,(H,17,20)/t9-/m1/s1. The second-order valence-electron chi connectivity index (χ2n) is 5.13. The average molecular weight is 315 g/mol. The van der Waals surface area contributed by atoms with Crippen molar-refractivity contribution in [2.45, 2.75) is 26.3 Å². The van der Waals surface area contributed by atoms with E-state index in [1.165, 1.54) is 0 Å². The van der Waals surface area contributed by atoms with Crippen LogP contribution in [0.5, 0.6) is 0 Å². The Morgan fingerprint density at radius 3 is 2.70 bits per heavy atom. The average Bonchev–Trinajstić information content (AvgIpc) is 2.77. The Bertz CT molecular complexity index is 546. The number of likely N-dealkylation sites (tertiary alicyclic amines) is 1. The number of nitrogens with one attached hydrogen (secondary N) is 1. The van der Waals surface area contributed by atoms with Crippen LogP contribution in [-0.2, 0) is 9.59 Å². The van der Waals surface area contributed by atoms with E-state index in [4.69, 9.17) is 23.2 Å². The van der Waals surface area contributed by atoms with E-state index in [0.717, 1.165) is 0 Å². The monoisotopic (exact) mass is 314 g/mol. The molecular weight excluding hydrogens is 299 g/mol. The van der Waals surface area contributed by atoms with Gasteiger partial charge in [-0.25, -0.2) is 0 Å². The van der Waals surface area contributed by atoms with E-state index in [-0.39, 0.29) is 30.2 Å². The van der Waals surface area contributed by atoms with Gasteiger partial charge in [-0.2, -0.15) is 0 Å². The van der Waals surface area contributed by atoms with Crippen LogP contribution in [0.15, 0.2) is 18.2 Å². The molecule has 1 heterocycles. The maximum Gasteiger partial charge on any atom is 0.229 e. The molecule has 0 radical (unpaired) electrons. The summed E-state index contributed by atoms with van der Waals surface area (Å²) in [6, 6.07) is 5.15. The number of carbonyl (C=O) groups is 2. The number of anilines is 1. The summed E-state index contributed by atoms with van der Waals surface area (Å²) in [4.78, 5) is 25.7. The van der Waals surface area contributed by atoms with Gasteiger partial charge in [0, 0.05) is 19.0 Å². The fourth-order valence-corrected chi connectivity index (χ4v) is 2.59. The van der Waals surface area contributed by atoms with Crippen molar-refractivity contribution in [3.05, 3.63) is 28.2 Å². The highest BCUT2D eigenvalue weighted by molar-refractivity contribution is 6.44. The van der Waals surface area contributed by atoms with E-state index in [9.17, 15) is 9.59 Å². The molecule has 1 aliphatic heterocycles. The van der Waals surface area contributed by atoms with E-state index in [1.807, 2.05) is 13.8 Å². The van der Waals surface area contributed by atoms with Gasteiger partial charge in [0.25, 0.3) is 0 Å². The number of benzene rings is 1. The highest BCUT2D eigenvalue weighted by Crippen LogP contribution is 2.30. The third-order valence-corrected chi connectivity index (χ3v) is 4.18. The van der Waals surface area contributed by atoms with Crippen LogP contribution in [0.1, 0.15) is 20.3 Å². The van der Waals surface area contributed by atoms with Gasteiger partial charge < -0.3 is 10.2 Å². The first-order valence-electron chi connectivity index (χ1n) is 6.44. The molecule has 20 heavy (non-hydrogen) atoms. The zero-order valence-corrected chi connectivity index (χ0v) is 12.8. The normalized spacial score (nSPS) is 18.8. The molecular formula is C14H16Cl2N2O2. The molecule has 1 aromatic rings. The molecule has 0 spiro atoms. The van der Waals surface area contributed by atoms with Crippen LogP contribution in [0.4, 0.5) is 5.69 Å². The summed E-state index contributed by atoms with van der Waals surface area (Å²) in [6.07, 6.45) is 0.238. The lowest BCUT2D eigenvalue weighted by atomic mass is 10.1. The van der Waals surface area contributed by atoms with Gasteiger partial charge in [-0.1, -0.05) is 29.3 Å². The minimum atomic E-state index is -0.347. The molecule has 0 bridgehead atoms. The Kier molecular flexibility index (Phi) is 4.55. The molecule has 0 saturated carbocycles. The molecule has 2 amide bonds. The Balaban J connectivity index is 2.06. The summed E-state index contributed by atoms with van der Waals surface area (Å²) in [5.74, 6) is -0.539. The van der Waals surface area contributed by atoms with Crippen molar-refractivity contribution in [3.8, 4) is 0 Å². The van der Waals surface area contributed by atoms with Crippen LogP contribution in [0.2, 0.25) is 10.0 Å². The van der Waals surface area contributed by atoms with E-state index in [1.54, 1.807) is 23.1 Å². The molecule has 0 aromatic heterocycles. The lowest BCUT2D eigenvalue weighted by molar-refractivity contribution is -0.129. The molecule has 1 aromatic carbocycles. The summed E-state index contributed by atoms with van der Waals surface area (Å²) in [6.45, 7) is 4.32. The predicted molar refractivity (Wildman–Crippen MR) is 80.0 cm³/mol. The fraction of sp³-hybridized carbons (Fsp3) is 0.429. The Hall–Kier alpha value is -1.26. The minimum Gasteiger partial charge on any atom is -0.339 e. The summed E-state index contributed by atoms with van der Waals surface area (Å²) in [7, 11) is 0. The maximum atomic E-state index is 12.2. The van der Waals surface area contributed by atoms with Crippen LogP contribution >= 0.6 is 23.2 Å². The number of rotatable bonds is 3. The van der Waals surface area contributed by atoms with Gasteiger partial charge in [-0.05, 0) is 26.0 Å². The summed E-state index contributed by atoms with van der Waals surface area (Å²) in [5.41, 5.74) is 0.472. The minimum absolute atomic E-state index is 0.0114. The summed E-state index contributed by atoms with van der Waals surface area (Å²) < 4.78 is 0. The third-order valence-electron chi connectivity index (χ3n) is 3.36. The molecule has 4 nitrogen and oxygen atoms in total. The van der Waals surface area contributed by atoms with Crippen LogP contribution in [0.25, 0.3) is 0 Å². The Labute approximate surface area is 128 Å². The Morgan fingerprint density at radius 2 is 2.10 bits per heavy atom. The van der Waals surface area contributed by atoms with Crippen LogP contribution in [-0.4, -0.2) is 29.3 Å². The second kappa shape index (κ2) is 6.02. The zero-order valence-electron chi connectivity index (χ0n) is 11.3. The van der Waals surface area contributed by atoms with Gasteiger partial charge >= 0.3 is 0 Å². The third kappa shape index (κ3) is 3.07. The van der Waals surface area contributed by atoms with Crippen LogP contribution in [0, 0.1) is 5.92 Å². The van der Waals surface area contributed by atoms with Gasteiger partial charge in [0.05, 0.1) is 21.7 Å². The van der Waals surface area contributed by atoms with Crippen molar-refractivity contribution in [1.29, 1.82) is 0 Å². The lowest BCUT2D eigenvalue weighted by Crippen LogP contribution is -2.33. The molecule has 0 unspecified atom stereocenters. The number of nitrogens with zero attached hydrogens (tertiary/aromatic N) is 1. The molecule has 1 N–H and O–H groups in total. The topological polar surface area (TPSA) is 49.4 Å². The number of hydrogen-bond donors (Lipinski definition) is 1. The van der Waals surface area contributed by atoms with Gasteiger partial charge in [0.15, 0.2) is 0 Å². The van der Waals surface area contributed by atoms with Crippen LogP contribution < -0.4 is 5.32 Å². The molecule has 1 atom stereocenters. The Morgan fingerprint density at radius 1 is 1.40 bits per heavy atom. The molecule has 1 saturated heterocycles. The van der Waals surface area contributed by atoms with E-state index in [0.29, 0.717) is 22.3 Å². The quantitative estimate of drug-likeness (QED) is 0.931. The molecule has 2 rings (SSSR count). The largest absolute Gasteiger partial charge is 0.339 e. The van der Waals surface area contributed by atoms with Gasteiger partial charge in [-0.3, -0.25) is 9.59 Å². The van der Waals surface area contributed by atoms with Crippen LogP contribution in [0.3, 0.4) is 0 Å². The fourth-order valence-electron chi connectivity index (χ4n) is 2.24. The molecule has 1 aliphatic rings. The van der Waals surface area contributed by atoms with E-state index < -0.39 is 0 Å². The summed E-state index contributed by atoms with van der Waals surface area (Å²) in [5, 5.41) is 3.44. The first-order valence-corrected chi connectivity index (χ1v) is 7.20. The van der Waals surface area contributed by atoms with Gasteiger partial charge in [-0.15, -0.1) is 0 Å². The first-order chi connectivity index (χ1) is 9.40. The van der Waals surface area contributed by atoms with Gasteiger partial charge in [0.1, 0.15) is 0 Å². The molecule has 108 valence electrons. The highest BCUT2D eigenvalue weighted by Gasteiger charge is 2.35. The molecule has 1 fully saturated rings. The van der Waals surface area contributed by atoms with Gasteiger partial charge in [0.2, 0.25) is 11.8 Å². The number of amides is 2. The summed E-state index contributed by atoms with van der Waals surface area (Å²) >= 11 is 11.9. The number of halogens is 2. The zero-order chi connectivity index (χ0) is 14.9. The maximum absolute atomic E-state index is 12.2. The van der Waals surface area contributed by atoms with Crippen molar-refractivity contribution >= 4 is 40.7 Å². The number of carbonyl (C=O) groups excluding carboxylic acids is 2. The highest BCUT2D eigenvalue weighted by atomic mass is 35.5. The second-order valence-corrected chi connectivity index (χ2v) is 5.92. The molecule has 6 heteroatoms. The van der Waals surface area contributed by atoms with Crippen molar-refractivity contribution in [2.75, 3.05) is 11.9 Å². The first kappa shape index (κ1) is 15.1. The smallest absolute Gasteiger partial charge is 0.229 e. The predicted octanol–water partition coefficient (Wildman–Crippen LogP) is 3.19. The lowest BCUT2D eigenvalue weighted by Gasteiger charge is -2.20. The van der Waals surface area contributed by atoms with E-state index >= 15 is 0 Å². The van der Waals surface area contributed by atoms with Crippen molar-refractivity contribution < 1.29 is 9.59 Å². The van der Waals surface area contributed by atoms with Crippen molar-refractivity contribution in [3.63, 3.8) is 0 Å². The molecule has 0 aliphatic carbocycles. The number of hydrogen-bond acceptors (Lipinski definition) is 2.